The van der Waals surface area contributed by atoms with Gasteiger partial charge in [-0.3, -0.25) is 4.79 Å². The van der Waals surface area contributed by atoms with E-state index >= 15 is 0 Å². The van der Waals surface area contributed by atoms with E-state index in [1.165, 1.54) is 4.31 Å². The molecule has 8 nitrogen and oxygen atoms in total. The molecule has 0 saturated carbocycles. The molecule has 1 aromatic heterocycles. The lowest BCUT2D eigenvalue weighted by Gasteiger charge is -2.37. The van der Waals surface area contributed by atoms with Crippen molar-refractivity contribution in [2.24, 2.45) is 11.8 Å². The zero-order valence-electron chi connectivity index (χ0n) is 20.0. The highest BCUT2D eigenvalue weighted by atomic mass is 32.2. The summed E-state index contributed by atoms with van der Waals surface area (Å²) in [5, 5.41) is 0. The molecule has 0 spiro atoms. The Labute approximate surface area is 191 Å². The summed E-state index contributed by atoms with van der Waals surface area (Å²) in [6.07, 6.45) is 3.30. The van der Waals surface area contributed by atoms with E-state index in [9.17, 15) is 18.0 Å². The lowest BCUT2D eigenvalue weighted by molar-refractivity contribution is -0.138. The van der Waals surface area contributed by atoms with Crippen molar-refractivity contribution in [1.29, 1.82) is 0 Å². The standard InChI is InChI=1S/C23H37N3O5S/c1-6-26-17(4)20(23(28)31-7-2)21(18(26)5)32(29,30)25-12-8-9-19(15-25)22(27)24-13-10-16(3)11-14-24/h16,19H,6-15H2,1-5H3. The summed E-state index contributed by atoms with van der Waals surface area (Å²) in [7, 11) is -3.96. The summed E-state index contributed by atoms with van der Waals surface area (Å²) in [5.41, 5.74) is 1.24. The van der Waals surface area contributed by atoms with Gasteiger partial charge in [-0.25, -0.2) is 13.2 Å². The maximum absolute atomic E-state index is 13.8. The molecule has 3 rings (SSSR count). The van der Waals surface area contributed by atoms with E-state index in [4.69, 9.17) is 4.74 Å². The lowest BCUT2D eigenvalue weighted by atomic mass is 9.94. The largest absolute Gasteiger partial charge is 0.462 e. The topological polar surface area (TPSA) is 88.9 Å². The molecular weight excluding hydrogens is 430 g/mol. The van der Waals surface area contributed by atoms with Crippen LogP contribution in [-0.2, 0) is 26.1 Å². The number of sulfonamides is 1. The molecule has 2 fully saturated rings. The summed E-state index contributed by atoms with van der Waals surface area (Å²) >= 11 is 0. The van der Waals surface area contributed by atoms with Gasteiger partial charge in [-0.05, 0) is 59.3 Å². The molecule has 1 aromatic rings. The van der Waals surface area contributed by atoms with Gasteiger partial charge in [0.05, 0.1) is 12.5 Å². The van der Waals surface area contributed by atoms with Crippen molar-refractivity contribution in [3.8, 4) is 0 Å². The van der Waals surface area contributed by atoms with Crippen LogP contribution >= 0.6 is 0 Å². The quantitative estimate of drug-likeness (QED) is 0.600. The van der Waals surface area contributed by atoms with Gasteiger partial charge in [0.1, 0.15) is 10.5 Å². The van der Waals surface area contributed by atoms with Crippen molar-refractivity contribution in [2.45, 2.75) is 71.7 Å². The number of nitrogens with zero attached hydrogens (tertiary/aromatic N) is 3. The van der Waals surface area contributed by atoms with Crippen LogP contribution in [0.1, 0.15) is 68.2 Å². The molecule has 1 atom stereocenters. The minimum absolute atomic E-state index is 0.0233. The first-order valence-corrected chi connectivity index (χ1v) is 13.2. The molecule has 0 radical (unpaired) electrons. The summed E-state index contributed by atoms with van der Waals surface area (Å²) in [6, 6.07) is 0. The number of amides is 1. The average Bonchev–Trinajstić information content (AvgIpc) is 3.04. The highest BCUT2D eigenvalue weighted by molar-refractivity contribution is 7.89. The first kappa shape index (κ1) is 24.8. The molecule has 1 amide bonds. The third kappa shape index (κ3) is 4.59. The van der Waals surface area contributed by atoms with Crippen molar-refractivity contribution in [3.63, 3.8) is 0 Å². The van der Waals surface area contributed by atoms with Crippen LogP contribution in [0, 0.1) is 25.7 Å². The Kier molecular flexibility index (Phi) is 7.70. The molecule has 2 saturated heterocycles. The van der Waals surface area contributed by atoms with Gasteiger partial charge in [0.15, 0.2) is 0 Å². The number of aromatic nitrogens is 1. The smallest absolute Gasteiger partial charge is 0.341 e. The second kappa shape index (κ2) is 9.95. The molecule has 9 heteroatoms. The Hall–Kier alpha value is -1.87. The first-order chi connectivity index (χ1) is 15.1. The number of piperidine rings is 2. The number of hydrogen-bond donors (Lipinski definition) is 0. The van der Waals surface area contributed by atoms with Crippen molar-refractivity contribution in [3.05, 3.63) is 17.0 Å². The van der Waals surface area contributed by atoms with Gasteiger partial charge >= 0.3 is 5.97 Å². The third-order valence-corrected chi connectivity index (χ3v) is 8.98. The fraction of sp³-hybridized carbons (Fsp3) is 0.739. The van der Waals surface area contributed by atoms with E-state index in [0.29, 0.717) is 43.2 Å². The van der Waals surface area contributed by atoms with Crippen LogP contribution in [0.4, 0.5) is 0 Å². The SMILES string of the molecule is CCOC(=O)c1c(S(=O)(=O)N2CCCC(C(=O)N3CCC(C)CC3)C2)c(C)n(CC)c1C. The van der Waals surface area contributed by atoms with Gasteiger partial charge in [-0.1, -0.05) is 6.92 Å². The molecule has 0 N–H and O–H groups in total. The highest BCUT2D eigenvalue weighted by Crippen LogP contribution is 2.33. The van der Waals surface area contributed by atoms with E-state index < -0.39 is 16.0 Å². The molecule has 0 bridgehead atoms. The Morgan fingerprint density at radius 1 is 1.03 bits per heavy atom. The lowest BCUT2D eigenvalue weighted by Crippen LogP contribution is -2.48. The highest BCUT2D eigenvalue weighted by Gasteiger charge is 2.40. The van der Waals surface area contributed by atoms with Gasteiger partial charge in [0.25, 0.3) is 0 Å². The van der Waals surface area contributed by atoms with Crippen LogP contribution in [0.2, 0.25) is 0 Å². The normalized spacial score (nSPS) is 21.0. The number of likely N-dealkylation sites (tertiary alicyclic amines) is 1. The predicted octanol–water partition coefficient (Wildman–Crippen LogP) is 2.96. The van der Waals surface area contributed by atoms with E-state index in [2.05, 4.69) is 6.92 Å². The van der Waals surface area contributed by atoms with Crippen LogP contribution in [0.5, 0.6) is 0 Å². The predicted molar refractivity (Wildman–Crippen MR) is 122 cm³/mol. The fourth-order valence-electron chi connectivity index (χ4n) is 5.07. The first-order valence-electron chi connectivity index (χ1n) is 11.8. The van der Waals surface area contributed by atoms with Crippen molar-refractivity contribution in [1.82, 2.24) is 13.8 Å². The maximum Gasteiger partial charge on any atom is 0.341 e. The van der Waals surface area contributed by atoms with Crippen LogP contribution in [0.3, 0.4) is 0 Å². The number of carbonyl (C=O) groups is 2. The molecule has 0 aromatic carbocycles. The zero-order valence-corrected chi connectivity index (χ0v) is 20.8. The average molecular weight is 468 g/mol. The number of carbonyl (C=O) groups excluding carboxylic acids is 2. The van der Waals surface area contributed by atoms with E-state index in [0.717, 1.165) is 25.9 Å². The number of ether oxygens (including phenoxy) is 1. The van der Waals surface area contributed by atoms with Crippen molar-refractivity contribution in [2.75, 3.05) is 32.8 Å². The molecule has 180 valence electrons. The van der Waals surface area contributed by atoms with Gasteiger partial charge in [-0.2, -0.15) is 4.31 Å². The Bertz CT molecular complexity index is 961. The van der Waals surface area contributed by atoms with Gasteiger partial charge < -0.3 is 14.2 Å². The Morgan fingerprint density at radius 2 is 1.69 bits per heavy atom. The van der Waals surface area contributed by atoms with Crippen LogP contribution in [0.15, 0.2) is 4.90 Å². The molecule has 3 heterocycles. The van der Waals surface area contributed by atoms with Gasteiger partial charge in [0.2, 0.25) is 15.9 Å². The maximum atomic E-state index is 13.8. The van der Waals surface area contributed by atoms with Crippen LogP contribution < -0.4 is 0 Å². The second-order valence-corrected chi connectivity index (χ2v) is 10.9. The summed E-state index contributed by atoms with van der Waals surface area (Å²) < 4.78 is 36.0. The van der Waals surface area contributed by atoms with Gasteiger partial charge in [0, 0.05) is 44.1 Å². The van der Waals surface area contributed by atoms with Gasteiger partial charge in [-0.15, -0.1) is 0 Å². The van der Waals surface area contributed by atoms with Crippen LogP contribution in [-0.4, -0.2) is 66.9 Å². The minimum Gasteiger partial charge on any atom is -0.462 e. The van der Waals surface area contributed by atoms with Crippen molar-refractivity contribution >= 4 is 21.9 Å². The van der Waals surface area contributed by atoms with E-state index in [1.807, 2.05) is 16.4 Å². The Balaban J connectivity index is 1.91. The molecule has 2 aliphatic rings. The van der Waals surface area contributed by atoms with E-state index in [1.54, 1.807) is 20.8 Å². The fourth-order valence-corrected chi connectivity index (χ4v) is 7.04. The summed E-state index contributed by atoms with van der Waals surface area (Å²) in [6.45, 7) is 12.0. The molecule has 32 heavy (non-hydrogen) atoms. The summed E-state index contributed by atoms with van der Waals surface area (Å²) in [4.78, 5) is 27.8. The molecule has 0 aliphatic carbocycles. The zero-order chi connectivity index (χ0) is 23.6. The third-order valence-electron chi connectivity index (χ3n) is 6.95. The molecule has 2 aliphatic heterocycles. The Morgan fingerprint density at radius 3 is 2.28 bits per heavy atom. The minimum atomic E-state index is -3.96. The number of hydrogen-bond acceptors (Lipinski definition) is 5. The molecular formula is C23H37N3O5S. The monoisotopic (exact) mass is 467 g/mol. The summed E-state index contributed by atoms with van der Waals surface area (Å²) in [5.74, 6) is -0.280. The number of esters is 1. The van der Waals surface area contributed by atoms with Crippen LogP contribution in [0.25, 0.3) is 0 Å². The van der Waals surface area contributed by atoms with E-state index in [-0.39, 0.29) is 35.4 Å². The molecule has 1 unspecified atom stereocenters. The van der Waals surface area contributed by atoms with Crippen molar-refractivity contribution < 1.29 is 22.7 Å². The second-order valence-electron chi connectivity index (χ2n) is 9.05. The number of rotatable bonds is 6.